The van der Waals surface area contributed by atoms with Crippen LogP contribution in [0.5, 0.6) is 0 Å². The number of aromatic nitrogens is 3. The third-order valence-corrected chi connectivity index (χ3v) is 4.64. The zero-order chi connectivity index (χ0) is 18.8. The smallest absolute Gasteiger partial charge is 0.257 e. The van der Waals surface area contributed by atoms with Crippen LogP contribution in [0.4, 0.5) is 0 Å². The van der Waals surface area contributed by atoms with E-state index in [4.69, 9.17) is 5.73 Å². The highest BCUT2D eigenvalue weighted by Crippen LogP contribution is 2.21. The van der Waals surface area contributed by atoms with Crippen molar-refractivity contribution in [1.29, 1.82) is 0 Å². The number of halogens is 1. The normalized spacial score (nSPS) is 10.9. The summed E-state index contributed by atoms with van der Waals surface area (Å²) in [6.07, 6.45) is 2.16. The van der Waals surface area contributed by atoms with Gasteiger partial charge in [-0.15, -0.1) is 0 Å². The second kappa shape index (κ2) is 7.25. The van der Waals surface area contributed by atoms with Gasteiger partial charge in [0.1, 0.15) is 5.56 Å². The van der Waals surface area contributed by atoms with Gasteiger partial charge in [-0.1, -0.05) is 28.1 Å². The zero-order valence-corrected chi connectivity index (χ0v) is 16.0. The number of benzene rings is 1. The van der Waals surface area contributed by atoms with Crippen LogP contribution in [0.15, 0.2) is 34.9 Å². The Morgan fingerprint density at radius 1 is 1.31 bits per heavy atom. The average molecular weight is 416 g/mol. The topological polar surface area (TPSA) is 102 Å². The first-order valence-electron chi connectivity index (χ1n) is 8.01. The fourth-order valence-corrected chi connectivity index (χ4v) is 3.29. The molecule has 7 nitrogen and oxygen atoms in total. The number of nitrogens with zero attached hydrogens (tertiary/aromatic N) is 3. The molecule has 0 aliphatic carbocycles. The van der Waals surface area contributed by atoms with Gasteiger partial charge in [-0.05, 0) is 37.1 Å². The Balaban J connectivity index is 1.98. The van der Waals surface area contributed by atoms with Gasteiger partial charge in [0, 0.05) is 22.3 Å². The highest BCUT2D eigenvalue weighted by atomic mass is 79.9. The van der Waals surface area contributed by atoms with E-state index in [-0.39, 0.29) is 6.54 Å². The lowest BCUT2D eigenvalue weighted by Crippen LogP contribution is -2.33. The molecular formula is C18H18BrN5O2. The van der Waals surface area contributed by atoms with E-state index in [0.29, 0.717) is 17.6 Å². The van der Waals surface area contributed by atoms with Crippen LogP contribution in [0.1, 0.15) is 32.9 Å². The first-order chi connectivity index (χ1) is 12.4. The molecule has 26 heavy (non-hydrogen) atoms. The number of carbonyl (C=O) groups is 2. The van der Waals surface area contributed by atoms with Gasteiger partial charge in [-0.3, -0.25) is 9.59 Å². The Bertz CT molecular complexity index is 1010. The van der Waals surface area contributed by atoms with Crippen molar-refractivity contribution >= 4 is 33.4 Å². The molecule has 0 radical (unpaired) electrons. The van der Waals surface area contributed by atoms with E-state index in [1.807, 2.05) is 26.0 Å². The van der Waals surface area contributed by atoms with Gasteiger partial charge in [0.15, 0.2) is 5.65 Å². The fourth-order valence-electron chi connectivity index (χ4n) is 2.84. The molecule has 8 heteroatoms. The molecule has 0 aliphatic heterocycles. The summed E-state index contributed by atoms with van der Waals surface area (Å²) in [6, 6.07) is 8.09. The van der Waals surface area contributed by atoms with Crippen molar-refractivity contribution in [3.05, 3.63) is 63.0 Å². The summed E-state index contributed by atoms with van der Waals surface area (Å²) in [5, 5.41) is 6.76. The molecule has 0 fully saturated rings. The number of carbonyl (C=O) groups excluding carboxylic acids is 2. The number of aryl methyl sites for hydroxylation is 2. The molecule has 0 saturated carbocycles. The van der Waals surface area contributed by atoms with Crippen molar-refractivity contribution in [2.75, 3.05) is 6.54 Å². The van der Waals surface area contributed by atoms with Gasteiger partial charge in [0.25, 0.3) is 5.91 Å². The monoisotopic (exact) mass is 415 g/mol. The molecule has 0 bridgehead atoms. The molecule has 2 heterocycles. The number of nitrogens with two attached hydrogens (primary N) is 1. The molecule has 1 aromatic carbocycles. The number of amides is 2. The first-order valence-corrected chi connectivity index (χ1v) is 8.81. The fraction of sp³-hybridized carbons (Fsp3) is 0.222. The highest BCUT2D eigenvalue weighted by molar-refractivity contribution is 9.10. The van der Waals surface area contributed by atoms with Crippen LogP contribution in [0.25, 0.3) is 5.65 Å². The number of hydrogen-bond donors (Lipinski definition) is 2. The van der Waals surface area contributed by atoms with E-state index in [1.54, 1.807) is 4.52 Å². The number of rotatable bonds is 5. The lowest BCUT2D eigenvalue weighted by Gasteiger charge is -2.12. The van der Waals surface area contributed by atoms with E-state index in [1.165, 1.54) is 6.20 Å². The van der Waals surface area contributed by atoms with Gasteiger partial charge in [0.2, 0.25) is 5.91 Å². The Kier molecular flexibility index (Phi) is 5.03. The number of fused-ring (bicyclic) bond motifs is 1. The van der Waals surface area contributed by atoms with Crippen molar-refractivity contribution < 1.29 is 9.59 Å². The van der Waals surface area contributed by atoms with Gasteiger partial charge < -0.3 is 11.1 Å². The summed E-state index contributed by atoms with van der Waals surface area (Å²) in [6.45, 7) is 3.64. The quantitative estimate of drug-likeness (QED) is 0.664. The van der Waals surface area contributed by atoms with Crippen molar-refractivity contribution in [2.24, 2.45) is 5.73 Å². The molecule has 2 aromatic heterocycles. The summed E-state index contributed by atoms with van der Waals surface area (Å²) < 4.78 is 2.67. The summed E-state index contributed by atoms with van der Waals surface area (Å²) in [5.41, 5.74) is 9.80. The minimum absolute atomic E-state index is 0.227. The van der Waals surface area contributed by atoms with Crippen molar-refractivity contribution in [1.82, 2.24) is 19.9 Å². The maximum atomic E-state index is 12.2. The number of nitrogens with one attached hydrogen (secondary N) is 1. The molecule has 3 N–H and O–H groups in total. The molecule has 3 rings (SSSR count). The molecule has 0 spiro atoms. The number of primary amides is 1. The van der Waals surface area contributed by atoms with Crippen LogP contribution >= 0.6 is 15.9 Å². The van der Waals surface area contributed by atoms with Crippen molar-refractivity contribution in [2.45, 2.75) is 20.3 Å². The maximum Gasteiger partial charge on any atom is 0.257 e. The van der Waals surface area contributed by atoms with Crippen LogP contribution in [0.3, 0.4) is 0 Å². The van der Waals surface area contributed by atoms with Gasteiger partial charge in [0.05, 0.1) is 12.7 Å². The van der Waals surface area contributed by atoms with Crippen molar-refractivity contribution in [3.8, 4) is 0 Å². The third kappa shape index (κ3) is 3.60. The lowest BCUT2D eigenvalue weighted by molar-refractivity contribution is -0.117. The first kappa shape index (κ1) is 18.1. The Hall–Kier alpha value is -2.74. The SMILES string of the molecule is Cc1nc2c(C(=O)NCC(N)=O)cnn2c(C)c1Cc1cccc(Br)c1. The summed E-state index contributed by atoms with van der Waals surface area (Å²) in [7, 11) is 0. The van der Waals surface area contributed by atoms with E-state index >= 15 is 0 Å². The second-order valence-corrected chi connectivity index (χ2v) is 6.93. The molecule has 0 aliphatic rings. The Morgan fingerprint density at radius 2 is 2.08 bits per heavy atom. The molecule has 134 valence electrons. The van der Waals surface area contributed by atoms with E-state index in [9.17, 15) is 9.59 Å². The van der Waals surface area contributed by atoms with Gasteiger partial charge >= 0.3 is 0 Å². The minimum atomic E-state index is -0.605. The molecule has 3 aromatic rings. The summed E-state index contributed by atoms with van der Waals surface area (Å²) in [5.74, 6) is -1.03. The Morgan fingerprint density at radius 3 is 2.77 bits per heavy atom. The summed E-state index contributed by atoms with van der Waals surface area (Å²) >= 11 is 3.49. The van der Waals surface area contributed by atoms with Crippen LogP contribution in [0.2, 0.25) is 0 Å². The van der Waals surface area contributed by atoms with E-state index in [0.717, 1.165) is 27.0 Å². The minimum Gasteiger partial charge on any atom is -0.368 e. The van der Waals surface area contributed by atoms with Crippen LogP contribution in [-0.2, 0) is 11.2 Å². The van der Waals surface area contributed by atoms with Gasteiger partial charge in [-0.2, -0.15) is 5.10 Å². The average Bonchev–Trinajstić information content (AvgIpc) is 3.00. The van der Waals surface area contributed by atoms with Crippen LogP contribution < -0.4 is 11.1 Å². The maximum absolute atomic E-state index is 12.2. The van der Waals surface area contributed by atoms with E-state index in [2.05, 4.69) is 43.5 Å². The highest BCUT2D eigenvalue weighted by Gasteiger charge is 2.18. The zero-order valence-electron chi connectivity index (χ0n) is 14.4. The largest absolute Gasteiger partial charge is 0.368 e. The number of hydrogen-bond acceptors (Lipinski definition) is 4. The van der Waals surface area contributed by atoms with Crippen LogP contribution in [-0.4, -0.2) is 33.0 Å². The summed E-state index contributed by atoms with van der Waals surface area (Å²) in [4.78, 5) is 27.7. The second-order valence-electron chi connectivity index (χ2n) is 6.01. The van der Waals surface area contributed by atoms with Gasteiger partial charge in [-0.25, -0.2) is 9.50 Å². The Labute approximate surface area is 158 Å². The molecule has 0 unspecified atom stereocenters. The molecule has 2 amide bonds. The van der Waals surface area contributed by atoms with E-state index < -0.39 is 11.8 Å². The molecular weight excluding hydrogens is 398 g/mol. The standard InChI is InChI=1S/C18H18BrN5O2/c1-10-14(7-12-4-3-5-13(19)6-12)11(2)24-17(23-10)15(8-22-24)18(26)21-9-16(20)25/h3-6,8H,7,9H2,1-2H3,(H2,20,25)(H,21,26). The third-order valence-electron chi connectivity index (χ3n) is 4.15. The lowest BCUT2D eigenvalue weighted by atomic mass is 10.0. The predicted octanol–water partition coefficient (Wildman–Crippen LogP) is 1.91. The van der Waals surface area contributed by atoms with Crippen LogP contribution in [0, 0.1) is 13.8 Å². The predicted molar refractivity (Wildman–Crippen MR) is 101 cm³/mol. The van der Waals surface area contributed by atoms with Crippen molar-refractivity contribution in [3.63, 3.8) is 0 Å². The molecule has 0 atom stereocenters. The molecule has 0 saturated heterocycles.